The fourth-order valence-electron chi connectivity index (χ4n) is 2.87. The van der Waals surface area contributed by atoms with E-state index in [1.807, 2.05) is 62.4 Å². The van der Waals surface area contributed by atoms with Crippen LogP contribution in [-0.4, -0.2) is 5.91 Å². The van der Waals surface area contributed by atoms with Gasteiger partial charge in [0.2, 0.25) is 0 Å². The number of halogens is 2. The van der Waals surface area contributed by atoms with Gasteiger partial charge in [-0.15, -0.1) is 0 Å². The number of carbonyl (C=O) groups is 1. The molecule has 3 rings (SSSR count). The molecule has 3 aromatic carbocycles. The van der Waals surface area contributed by atoms with Crippen molar-refractivity contribution in [2.75, 3.05) is 5.32 Å². The second kappa shape index (κ2) is 10.3. The van der Waals surface area contributed by atoms with E-state index in [2.05, 4.69) is 21.2 Å². The Morgan fingerprint density at radius 3 is 2.65 bits per heavy atom. The predicted octanol–water partition coefficient (Wildman–Crippen LogP) is 6.84. The molecule has 0 aliphatic carbocycles. The number of nitrogens with one attached hydrogen (secondary N) is 1. The second-order valence-electron chi connectivity index (χ2n) is 7.01. The van der Waals surface area contributed by atoms with Crippen LogP contribution in [0.25, 0.3) is 6.08 Å². The van der Waals surface area contributed by atoms with Gasteiger partial charge in [-0.1, -0.05) is 48.0 Å². The molecule has 4 nitrogen and oxygen atoms in total. The highest BCUT2D eigenvalue weighted by Gasteiger charge is 2.12. The summed E-state index contributed by atoms with van der Waals surface area (Å²) in [7, 11) is 0. The predicted molar refractivity (Wildman–Crippen MR) is 128 cm³/mol. The zero-order valence-electron chi connectivity index (χ0n) is 17.1. The lowest BCUT2D eigenvalue weighted by Crippen LogP contribution is -2.14. The van der Waals surface area contributed by atoms with E-state index in [1.165, 1.54) is 0 Å². The first kappa shape index (κ1) is 22.6. The zero-order chi connectivity index (χ0) is 22.4. The Hall–Kier alpha value is -3.07. The number of hydrogen-bond acceptors (Lipinski definition) is 3. The van der Waals surface area contributed by atoms with Crippen molar-refractivity contribution in [3.05, 3.63) is 98.0 Å². The van der Waals surface area contributed by atoms with Crippen LogP contribution < -0.4 is 10.1 Å². The molecule has 3 aromatic rings. The Morgan fingerprint density at radius 1 is 1.16 bits per heavy atom. The number of amides is 1. The zero-order valence-corrected chi connectivity index (χ0v) is 19.4. The van der Waals surface area contributed by atoms with E-state index in [0.717, 1.165) is 16.7 Å². The van der Waals surface area contributed by atoms with Gasteiger partial charge in [-0.25, -0.2) is 0 Å². The first-order chi connectivity index (χ1) is 14.9. The summed E-state index contributed by atoms with van der Waals surface area (Å²) in [6.45, 7) is 4.18. The molecule has 0 spiro atoms. The normalized spacial score (nSPS) is 11.0. The van der Waals surface area contributed by atoms with Crippen molar-refractivity contribution >= 4 is 45.2 Å². The number of rotatable bonds is 6. The molecule has 1 N–H and O–H groups in total. The minimum atomic E-state index is -0.452. The fraction of sp³-hybridized carbons (Fsp3) is 0.120. The van der Waals surface area contributed by atoms with Crippen molar-refractivity contribution in [2.24, 2.45) is 0 Å². The lowest BCUT2D eigenvalue weighted by atomic mass is 10.1. The Bertz CT molecular complexity index is 1200. The number of nitriles is 1. The van der Waals surface area contributed by atoms with Crippen molar-refractivity contribution in [1.82, 2.24) is 0 Å². The van der Waals surface area contributed by atoms with E-state index in [-0.39, 0.29) is 5.57 Å². The number of ether oxygens (including phenoxy) is 1. The Morgan fingerprint density at radius 2 is 1.94 bits per heavy atom. The minimum Gasteiger partial charge on any atom is -0.488 e. The SMILES string of the molecule is Cc1ccc(C)c(NC(=O)/C(C#N)=C/c2ccc(OCc3ccccc3Cl)c(Br)c2)c1. The number of anilines is 1. The molecule has 0 heterocycles. The van der Waals surface area contributed by atoms with Gasteiger partial charge in [-0.3, -0.25) is 4.79 Å². The third-order valence-electron chi connectivity index (χ3n) is 4.61. The Kier molecular flexibility index (Phi) is 7.51. The van der Waals surface area contributed by atoms with Crippen LogP contribution in [0, 0.1) is 25.2 Å². The summed E-state index contributed by atoms with van der Waals surface area (Å²) in [6.07, 6.45) is 1.54. The molecular weight excluding hydrogens is 476 g/mol. The van der Waals surface area contributed by atoms with Crippen LogP contribution >= 0.6 is 27.5 Å². The van der Waals surface area contributed by atoms with Crippen molar-refractivity contribution in [3.63, 3.8) is 0 Å². The van der Waals surface area contributed by atoms with Gasteiger partial charge < -0.3 is 10.1 Å². The summed E-state index contributed by atoms with van der Waals surface area (Å²) in [5.74, 6) is 0.182. The summed E-state index contributed by atoms with van der Waals surface area (Å²) in [6, 6.07) is 20.6. The maximum absolute atomic E-state index is 12.6. The molecule has 0 saturated carbocycles. The first-order valence-corrected chi connectivity index (χ1v) is 10.7. The number of carbonyl (C=O) groups excluding carboxylic acids is 1. The van der Waals surface area contributed by atoms with Crippen LogP contribution in [0.1, 0.15) is 22.3 Å². The molecule has 0 bridgehead atoms. The summed E-state index contributed by atoms with van der Waals surface area (Å²) in [5, 5.41) is 13.0. The van der Waals surface area contributed by atoms with Crippen LogP contribution in [0.5, 0.6) is 5.75 Å². The van der Waals surface area contributed by atoms with Crippen LogP contribution in [-0.2, 0) is 11.4 Å². The van der Waals surface area contributed by atoms with Crippen LogP contribution in [0.15, 0.2) is 70.7 Å². The Balaban J connectivity index is 1.74. The van der Waals surface area contributed by atoms with Crippen molar-refractivity contribution in [1.29, 1.82) is 5.26 Å². The summed E-state index contributed by atoms with van der Waals surface area (Å²) in [5.41, 5.74) is 4.24. The van der Waals surface area contributed by atoms with Crippen LogP contribution in [0.4, 0.5) is 5.69 Å². The van der Waals surface area contributed by atoms with Gasteiger partial charge in [-0.2, -0.15) is 5.26 Å². The van der Waals surface area contributed by atoms with E-state index in [9.17, 15) is 10.1 Å². The monoisotopic (exact) mass is 494 g/mol. The van der Waals surface area contributed by atoms with Gasteiger partial charge in [0.15, 0.2) is 0 Å². The number of aryl methyl sites for hydroxylation is 2. The van der Waals surface area contributed by atoms with Crippen molar-refractivity contribution < 1.29 is 9.53 Å². The van der Waals surface area contributed by atoms with Crippen LogP contribution in [0.2, 0.25) is 5.02 Å². The van der Waals surface area contributed by atoms with Crippen molar-refractivity contribution in [2.45, 2.75) is 20.5 Å². The summed E-state index contributed by atoms with van der Waals surface area (Å²) < 4.78 is 6.55. The first-order valence-electron chi connectivity index (χ1n) is 9.53. The van der Waals surface area contributed by atoms with E-state index in [0.29, 0.717) is 33.1 Å². The molecule has 0 unspecified atom stereocenters. The topological polar surface area (TPSA) is 62.1 Å². The largest absolute Gasteiger partial charge is 0.488 e. The number of benzene rings is 3. The van der Waals surface area contributed by atoms with Gasteiger partial charge in [-0.05, 0) is 76.8 Å². The maximum Gasteiger partial charge on any atom is 0.266 e. The Labute approximate surface area is 195 Å². The molecule has 0 aromatic heterocycles. The third kappa shape index (κ3) is 5.97. The standard InChI is InChI=1S/C25H20BrClN2O2/c1-16-7-8-17(2)23(11-16)29-25(30)20(14-28)12-18-9-10-24(21(26)13-18)31-15-19-5-3-4-6-22(19)27/h3-13H,15H2,1-2H3,(H,29,30)/b20-12+. The molecule has 6 heteroatoms. The van der Waals surface area contributed by atoms with Gasteiger partial charge in [0, 0.05) is 16.3 Å². The van der Waals surface area contributed by atoms with Gasteiger partial charge in [0.25, 0.3) is 5.91 Å². The highest BCUT2D eigenvalue weighted by molar-refractivity contribution is 9.10. The van der Waals surface area contributed by atoms with Gasteiger partial charge in [0.05, 0.1) is 4.47 Å². The highest BCUT2D eigenvalue weighted by atomic mass is 79.9. The van der Waals surface area contributed by atoms with E-state index in [4.69, 9.17) is 16.3 Å². The second-order valence-corrected chi connectivity index (χ2v) is 8.27. The average Bonchev–Trinajstić information content (AvgIpc) is 2.75. The lowest BCUT2D eigenvalue weighted by Gasteiger charge is -2.11. The molecule has 156 valence electrons. The fourth-order valence-corrected chi connectivity index (χ4v) is 3.57. The summed E-state index contributed by atoms with van der Waals surface area (Å²) in [4.78, 5) is 12.6. The summed E-state index contributed by atoms with van der Waals surface area (Å²) >= 11 is 9.66. The van der Waals surface area contributed by atoms with E-state index < -0.39 is 5.91 Å². The maximum atomic E-state index is 12.6. The molecule has 1 amide bonds. The molecular formula is C25H20BrClN2O2. The molecule has 0 saturated heterocycles. The average molecular weight is 496 g/mol. The number of nitrogens with zero attached hydrogens (tertiary/aromatic N) is 1. The highest BCUT2D eigenvalue weighted by Crippen LogP contribution is 2.29. The van der Waals surface area contributed by atoms with Crippen molar-refractivity contribution in [3.8, 4) is 11.8 Å². The molecule has 0 aliphatic rings. The van der Waals surface area contributed by atoms with E-state index >= 15 is 0 Å². The molecule has 31 heavy (non-hydrogen) atoms. The van der Waals surface area contributed by atoms with Gasteiger partial charge >= 0.3 is 0 Å². The third-order valence-corrected chi connectivity index (χ3v) is 5.60. The molecule has 0 aliphatic heterocycles. The smallest absolute Gasteiger partial charge is 0.266 e. The number of hydrogen-bond donors (Lipinski definition) is 1. The quantitative estimate of drug-likeness (QED) is 0.301. The molecule has 0 fully saturated rings. The van der Waals surface area contributed by atoms with Crippen LogP contribution in [0.3, 0.4) is 0 Å². The van der Waals surface area contributed by atoms with Gasteiger partial charge in [0.1, 0.15) is 24.0 Å². The lowest BCUT2D eigenvalue weighted by molar-refractivity contribution is -0.112. The molecule has 0 atom stereocenters. The molecule has 0 radical (unpaired) electrons. The minimum absolute atomic E-state index is 0.0116. The van der Waals surface area contributed by atoms with E-state index in [1.54, 1.807) is 24.3 Å².